The lowest BCUT2D eigenvalue weighted by atomic mass is 10.1. The van der Waals surface area contributed by atoms with Gasteiger partial charge in [0.15, 0.2) is 0 Å². The predicted octanol–water partition coefficient (Wildman–Crippen LogP) is 4.24. The molecule has 0 unspecified atom stereocenters. The SMILES string of the molecule is Cc1ccc([C@@H](C)NC(=O)/C(=C/c2ccco2)NC(=O)c2ccccc2)cc1. The predicted molar refractivity (Wildman–Crippen MR) is 108 cm³/mol. The smallest absolute Gasteiger partial charge is 0.268 e. The summed E-state index contributed by atoms with van der Waals surface area (Å²) < 4.78 is 5.30. The van der Waals surface area contributed by atoms with Gasteiger partial charge in [-0.2, -0.15) is 0 Å². The van der Waals surface area contributed by atoms with Crippen molar-refractivity contribution < 1.29 is 14.0 Å². The first-order valence-electron chi connectivity index (χ1n) is 9.02. The normalized spacial score (nSPS) is 12.3. The van der Waals surface area contributed by atoms with E-state index in [2.05, 4.69) is 10.6 Å². The number of hydrogen-bond acceptors (Lipinski definition) is 3. The average Bonchev–Trinajstić information content (AvgIpc) is 3.21. The molecule has 0 spiro atoms. The average molecular weight is 374 g/mol. The van der Waals surface area contributed by atoms with Gasteiger partial charge in [0.1, 0.15) is 11.5 Å². The Bertz CT molecular complexity index is 959. The Morgan fingerprint density at radius 3 is 2.32 bits per heavy atom. The Labute approximate surface area is 164 Å². The van der Waals surface area contributed by atoms with E-state index in [-0.39, 0.29) is 17.6 Å². The van der Waals surface area contributed by atoms with Gasteiger partial charge in [-0.05, 0) is 43.7 Å². The van der Waals surface area contributed by atoms with Crippen molar-refractivity contribution in [3.8, 4) is 0 Å². The zero-order chi connectivity index (χ0) is 19.9. The van der Waals surface area contributed by atoms with Gasteiger partial charge in [-0.3, -0.25) is 9.59 Å². The number of carbonyl (C=O) groups is 2. The minimum Gasteiger partial charge on any atom is -0.465 e. The third kappa shape index (κ3) is 4.98. The van der Waals surface area contributed by atoms with Gasteiger partial charge in [-0.25, -0.2) is 0 Å². The monoisotopic (exact) mass is 374 g/mol. The van der Waals surface area contributed by atoms with E-state index >= 15 is 0 Å². The topological polar surface area (TPSA) is 71.3 Å². The van der Waals surface area contributed by atoms with Crippen LogP contribution in [0.5, 0.6) is 0 Å². The second kappa shape index (κ2) is 8.86. The van der Waals surface area contributed by atoms with E-state index in [4.69, 9.17) is 4.42 Å². The molecule has 0 bridgehead atoms. The van der Waals surface area contributed by atoms with Gasteiger partial charge in [-0.1, -0.05) is 48.0 Å². The zero-order valence-electron chi connectivity index (χ0n) is 15.8. The number of nitrogens with one attached hydrogen (secondary N) is 2. The number of carbonyl (C=O) groups excluding carboxylic acids is 2. The van der Waals surface area contributed by atoms with Crippen molar-refractivity contribution in [1.29, 1.82) is 0 Å². The number of hydrogen-bond donors (Lipinski definition) is 2. The van der Waals surface area contributed by atoms with Crippen LogP contribution in [0.1, 0.15) is 40.2 Å². The summed E-state index contributed by atoms with van der Waals surface area (Å²) in [5, 5.41) is 5.61. The Morgan fingerprint density at radius 2 is 1.68 bits per heavy atom. The van der Waals surface area contributed by atoms with E-state index in [1.165, 1.54) is 12.3 Å². The molecule has 0 fully saturated rings. The molecule has 1 atom stereocenters. The number of furan rings is 1. The van der Waals surface area contributed by atoms with Gasteiger partial charge in [0.2, 0.25) is 0 Å². The molecular weight excluding hydrogens is 352 g/mol. The molecule has 2 N–H and O–H groups in total. The molecule has 5 nitrogen and oxygen atoms in total. The summed E-state index contributed by atoms with van der Waals surface area (Å²) in [5.41, 5.74) is 2.71. The first kappa shape index (κ1) is 19.2. The molecular formula is C23H22N2O3. The van der Waals surface area contributed by atoms with Crippen molar-refractivity contribution in [1.82, 2.24) is 10.6 Å². The van der Waals surface area contributed by atoms with Crippen molar-refractivity contribution in [3.63, 3.8) is 0 Å². The lowest BCUT2D eigenvalue weighted by Gasteiger charge is -2.16. The Morgan fingerprint density at radius 1 is 0.964 bits per heavy atom. The summed E-state index contributed by atoms with van der Waals surface area (Å²) in [6, 6.07) is 19.9. The van der Waals surface area contributed by atoms with E-state index in [0.29, 0.717) is 11.3 Å². The fraction of sp³-hybridized carbons (Fsp3) is 0.130. The molecule has 3 rings (SSSR count). The fourth-order valence-electron chi connectivity index (χ4n) is 2.67. The quantitative estimate of drug-likeness (QED) is 0.634. The van der Waals surface area contributed by atoms with Crippen LogP contribution in [-0.2, 0) is 4.79 Å². The maximum atomic E-state index is 12.9. The molecule has 0 saturated carbocycles. The van der Waals surface area contributed by atoms with Gasteiger partial charge in [0, 0.05) is 11.6 Å². The maximum Gasteiger partial charge on any atom is 0.268 e. The number of aryl methyl sites for hydroxylation is 1. The molecule has 142 valence electrons. The molecule has 0 radical (unpaired) electrons. The summed E-state index contributed by atoms with van der Waals surface area (Å²) in [6.45, 7) is 3.91. The van der Waals surface area contributed by atoms with Crippen LogP contribution in [0.4, 0.5) is 0 Å². The molecule has 0 saturated heterocycles. The standard InChI is InChI=1S/C23H22N2O3/c1-16-10-12-18(13-11-16)17(2)24-23(27)21(15-20-9-6-14-28-20)25-22(26)19-7-4-3-5-8-19/h3-15,17H,1-2H3,(H,24,27)(H,25,26)/b21-15-/t17-/m1/s1. The zero-order valence-corrected chi connectivity index (χ0v) is 15.8. The van der Waals surface area contributed by atoms with Crippen LogP contribution in [0.25, 0.3) is 6.08 Å². The maximum absolute atomic E-state index is 12.9. The van der Waals surface area contributed by atoms with Crippen LogP contribution in [0, 0.1) is 6.92 Å². The van der Waals surface area contributed by atoms with Crippen LogP contribution in [0.3, 0.4) is 0 Å². The highest BCUT2D eigenvalue weighted by molar-refractivity contribution is 6.05. The molecule has 0 aliphatic rings. The highest BCUT2D eigenvalue weighted by atomic mass is 16.3. The number of rotatable bonds is 6. The van der Waals surface area contributed by atoms with Crippen molar-refractivity contribution in [2.75, 3.05) is 0 Å². The first-order valence-corrected chi connectivity index (χ1v) is 9.02. The number of benzene rings is 2. The Balaban J connectivity index is 1.79. The van der Waals surface area contributed by atoms with E-state index < -0.39 is 5.91 Å². The first-order chi connectivity index (χ1) is 13.5. The summed E-state index contributed by atoms with van der Waals surface area (Å²) >= 11 is 0. The van der Waals surface area contributed by atoms with Gasteiger partial charge >= 0.3 is 0 Å². The molecule has 0 aliphatic heterocycles. The second-order valence-electron chi connectivity index (χ2n) is 6.50. The highest BCUT2D eigenvalue weighted by Crippen LogP contribution is 2.15. The van der Waals surface area contributed by atoms with E-state index in [9.17, 15) is 9.59 Å². The van der Waals surface area contributed by atoms with Crippen molar-refractivity contribution >= 4 is 17.9 Å². The minimum atomic E-state index is -0.395. The van der Waals surface area contributed by atoms with Gasteiger partial charge in [-0.15, -0.1) is 0 Å². The molecule has 1 heterocycles. The third-order valence-corrected chi connectivity index (χ3v) is 4.28. The molecule has 2 aromatic carbocycles. The minimum absolute atomic E-state index is 0.114. The summed E-state index contributed by atoms with van der Waals surface area (Å²) in [4.78, 5) is 25.4. The van der Waals surface area contributed by atoms with Crippen LogP contribution in [0.15, 0.2) is 83.1 Å². The summed E-state index contributed by atoms with van der Waals surface area (Å²) in [6.07, 6.45) is 3.02. The molecule has 0 aliphatic carbocycles. The lowest BCUT2D eigenvalue weighted by molar-refractivity contribution is -0.118. The van der Waals surface area contributed by atoms with Crippen LogP contribution in [0.2, 0.25) is 0 Å². The fourth-order valence-corrected chi connectivity index (χ4v) is 2.67. The summed E-state index contributed by atoms with van der Waals surface area (Å²) in [5.74, 6) is -0.285. The van der Waals surface area contributed by atoms with Crippen molar-refractivity contribution in [3.05, 3.63) is 101 Å². The molecule has 1 aromatic heterocycles. The molecule has 28 heavy (non-hydrogen) atoms. The Hall–Kier alpha value is -3.60. The Kier molecular flexibility index (Phi) is 6.07. The van der Waals surface area contributed by atoms with E-state index in [1.54, 1.807) is 36.4 Å². The van der Waals surface area contributed by atoms with Gasteiger partial charge in [0.25, 0.3) is 11.8 Å². The lowest BCUT2D eigenvalue weighted by Crippen LogP contribution is -2.36. The van der Waals surface area contributed by atoms with Crippen LogP contribution >= 0.6 is 0 Å². The molecule has 5 heteroatoms. The largest absolute Gasteiger partial charge is 0.465 e. The molecule has 2 amide bonds. The van der Waals surface area contributed by atoms with Crippen LogP contribution < -0.4 is 10.6 Å². The van der Waals surface area contributed by atoms with Gasteiger partial charge in [0.05, 0.1) is 12.3 Å². The van der Waals surface area contributed by atoms with Gasteiger partial charge < -0.3 is 15.1 Å². The van der Waals surface area contributed by atoms with Crippen LogP contribution in [-0.4, -0.2) is 11.8 Å². The highest BCUT2D eigenvalue weighted by Gasteiger charge is 2.17. The van der Waals surface area contributed by atoms with Crippen molar-refractivity contribution in [2.45, 2.75) is 19.9 Å². The van der Waals surface area contributed by atoms with Crippen molar-refractivity contribution in [2.24, 2.45) is 0 Å². The van der Waals surface area contributed by atoms with E-state index in [0.717, 1.165) is 11.1 Å². The second-order valence-corrected chi connectivity index (χ2v) is 6.50. The number of amides is 2. The summed E-state index contributed by atoms with van der Waals surface area (Å²) in [7, 11) is 0. The third-order valence-electron chi connectivity index (χ3n) is 4.28. The van der Waals surface area contributed by atoms with E-state index in [1.807, 2.05) is 44.2 Å². The molecule has 3 aromatic rings.